The summed E-state index contributed by atoms with van der Waals surface area (Å²) in [5.74, 6) is -4.20. The van der Waals surface area contributed by atoms with E-state index in [4.69, 9.17) is 25.1 Å². The van der Waals surface area contributed by atoms with E-state index in [-0.39, 0.29) is 0 Å². The van der Waals surface area contributed by atoms with E-state index < -0.39 is 92.4 Å². The van der Waals surface area contributed by atoms with Gasteiger partial charge < -0.3 is 60.4 Å². The summed E-state index contributed by atoms with van der Waals surface area (Å²) in [5, 5.41) is 69.4. The molecule has 0 radical (unpaired) electrons. The smallest absolute Gasteiger partial charge is 0.366 e. The second kappa shape index (κ2) is 10.1. The second-order valence-corrected chi connectivity index (χ2v) is 7.63. The van der Waals surface area contributed by atoms with Crippen molar-refractivity contribution >= 4 is 5.97 Å². The molecule has 13 heteroatoms. The number of methoxy groups -OCH3 is 1. The Hall–Kier alpha value is -0.970. The predicted octanol–water partition coefficient (Wildman–Crippen LogP) is -4.86. The van der Waals surface area contributed by atoms with Crippen LogP contribution in [0.4, 0.5) is 0 Å². The van der Waals surface area contributed by atoms with Gasteiger partial charge in [-0.2, -0.15) is 0 Å². The highest BCUT2D eigenvalue weighted by Gasteiger charge is 2.56. The minimum Gasteiger partial charge on any atom is -0.465 e. The Balaban J connectivity index is 2.23. The lowest BCUT2D eigenvalue weighted by molar-refractivity contribution is -0.329. The topological polar surface area (TPSA) is 222 Å². The monoisotopic (exact) mass is 441 g/mol. The number of aliphatic hydroxyl groups excluding tert-OH is 7. The van der Waals surface area contributed by atoms with Gasteiger partial charge in [-0.05, 0) is 0 Å². The van der Waals surface area contributed by atoms with Crippen LogP contribution in [0.1, 0.15) is 13.3 Å². The number of carbonyl (C=O) groups excluding carboxylic acids is 1. The molecule has 2 heterocycles. The molecule has 9 N–H and O–H groups in total. The van der Waals surface area contributed by atoms with Gasteiger partial charge in [-0.1, -0.05) is 6.92 Å². The van der Waals surface area contributed by atoms with E-state index in [1.54, 1.807) is 0 Å². The van der Waals surface area contributed by atoms with Crippen LogP contribution in [-0.4, -0.2) is 123 Å². The molecule has 0 aromatic rings. The van der Waals surface area contributed by atoms with Crippen molar-refractivity contribution in [2.75, 3.05) is 20.3 Å². The molecule has 9 unspecified atom stereocenters. The third-order valence-corrected chi connectivity index (χ3v) is 5.56. The van der Waals surface area contributed by atoms with Crippen LogP contribution in [0, 0.1) is 5.92 Å². The number of hydrogen-bond donors (Lipinski definition) is 8. The van der Waals surface area contributed by atoms with E-state index >= 15 is 0 Å². The molecular weight excluding hydrogens is 410 g/mol. The summed E-state index contributed by atoms with van der Waals surface area (Å²) in [7, 11) is 1.02. The molecule has 2 fully saturated rings. The van der Waals surface area contributed by atoms with Gasteiger partial charge in [0, 0.05) is 12.3 Å². The molecule has 13 nitrogen and oxygen atoms in total. The van der Waals surface area contributed by atoms with Gasteiger partial charge in [0.2, 0.25) is 0 Å². The lowest BCUT2D eigenvalue weighted by atomic mass is 9.89. The van der Waals surface area contributed by atoms with E-state index in [0.29, 0.717) is 0 Å². The van der Waals surface area contributed by atoms with Crippen molar-refractivity contribution < 1.29 is 59.5 Å². The van der Waals surface area contributed by atoms with Gasteiger partial charge in [-0.3, -0.25) is 0 Å². The maximum atomic E-state index is 12.5. The van der Waals surface area contributed by atoms with Crippen LogP contribution in [0.2, 0.25) is 0 Å². The molecule has 30 heavy (non-hydrogen) atoms. The zero-order valence-corrected chi connectivity index (χ0v) is 16.6. The standard InChI is InChI=1S/C17H31NO12/c1-6-11(22)13(24)9(29-15(6)25)5-28-17(16(26)27-2)3-7(20)10(18)14(30-17)12(23)8(21)4-19/h6-15,19-25H,3-5,18H2,1-2H3/t6-,7?,8?,9-,10?,11?,12?,13?,14?,15?,17?/m1/s1. The molecular formula is C17H31NO12. The highest BCUT2D eigenvalue weighted by atomic mass is 16.7. The average Bonchev–Trinajstić information content (AvgIpc) is 2.74. The molecule has 0 aromatic carbocycles. The molecule has 0 bridgehead atoms. The third-order valence-electron chi connectivity index (χ3n) is 5.56. The molecule has 2 aliphatic heterocycles. The highest BCUT2D eigenvalue weighted by molar-refractivity contribution is 5.78. The lowest BCUT2D eigenvalue weighted by Gasteiger charge is -2.46. The fourth-order valence-electron chi connectivity index (χ4n) is 3.48. The number of esters is 1. The first kappa shape index (κ1) is 25.3. The second-order valence-electron chi connectivity index (χ2n) is 7.63. The molecule has 2 aliphatic rings. The minimum absolute atomic E-state index is 0.524. The quantitative estimate of drug-likeness (QED) is 0.174. The molecule has 2 saturated heterocycles. The van der Waals surface area contributed by atoms with E-state index in [0.717, 1.165) is 7.11 Å². The van der Waals surface area contributed by atoms with Crippen molar-refractivity contribution in [1.82, 2.24) is 0 Å². The molecule has 0 amide bonds. The first-order chi connectivity index (χ1) is 14.0. The van der Waals surface area contributed by atoms with Crippen LogP contribution in [0.5, 0.6) is 0 Å². The molecule has 0 aromatic heterocycles. The van der Waals surface area contributed by atoms with Gasteiger partial charge in [0.25, 0.3) is 5.79 Å². The summed E-state index contributed by atoms with van der Waals surface area (Å²) < 4.78 is 20.9. The zero-order chi connectivity index (χ0) is 22.8. The fourth-order valence-corrected chi connectivity index (χ4v) is 3.48. The van der Waals surface area contributed by atoms with Gasteiger partial charge >= 0.3 is 5.97 Å². The van der Waals surface area contributed by atoms with Gasteiger partial charge in [0.1, 0.15) is 30.5 Å². The minimum atomic E-state index is -2.31. The number of aliphatic hydroxyl groups is 7. The van der Waals surface area contributed by atoms with Crippen molar-refractivity contribution in [3.63, 3.8) is 0 Å². The first-order valence-electron chi connectivity index (χ1n) is 9.49. The van der Waals surface area contributed by atoms with Crippen LogP contribution in [0.25, 0.3) is 0 Å². The predicted molar refractivity (Wildman–Crippen MR) is 95.3 cm³/mol. The van der Waals surface area contributed by atoms with Crippen LogP contribution in [0.3, 0.4) is 0 Å². The van der Waals surface area contributed by atoms with E-state index in [2.05, 4.69) is 4.74 Å². The molecule has 0 aliphatic carbocycles. The first-order valence-corrected chi connectivity index (χ1v) is 9.49. The number of hydrogen-bond acceptors (Lipinski definition) is 13. The summed E-state index contributed by atoms with van der Waals surface area (Å²) in [6.07, 6.45) is -12.5. The number of rotatable bonds is 7. The van der Waals surface area contributed by atoms with Crippen LogP contribution in [0.15, 0.2) is 0 Å². The Morgan fingerprint density at radius 3 is 2.43 bits per heavy atom. The Bertz CT molecular complexity index is 581. The van der Waals surface area contributed by atoms with Crippen molar-refractivity contribution in [1.29, 1.82) is 0 Å². The SMILES string of the molecule is COC(=O)C1(OC[C@H]2OC(O)[C@H](C)C(O)C2O)CC(O)C(N)C(C(O)C(O)CO)O1. The molecule has 0 saturated carbocycles. The number of ether oxygens (including phenoxy) is 4. The van der Waals surface area contributed by atoms with Gasteiger partial charge in [-0.15, -0.1) is 0 Å². The van der Waals surface area contributed by atoms with Gasteiger partial charge in [-0.25, -0.2) is 4.79 Å². The van der Waals surface area contributed by atoms with E-state index in [1.165, 1.54) is 6.92 Å². The molecule has 0 spiro atoms. The zero-order valence-electron chi connectivity index (χ0n) is 16.6. The summed E-state index contributed by atoms with van der Waals surface area (Å²) in [5.41, 5.74) is 5.83. The maximum absolute atomic E-state index is 12.5. The van der Waals surface area contributed by atoms with Crippen molar-refractivity contribution in [3.8, 4) is 0 Å². The lowest BCUT2D eigenvalue weighted by Crippen LogP contribution is -2.67. The van der Waals surface area contributed by atoms with Crippen LogP contribution < -0.4 is 5.73 Å². The maximum Gasteiger partial charge on any atom is 0.366 e. The summed E-state index contributed by atoms with van der Waals surface area (Å²) in [4.78, 5) is 12.5. The number of carbonyl (C=O) groups is 1. The average molecular weight is 441 g/mol. The van der Waals surface area contributed by atoms with E-state index in [9.17, 15) is 35.4 Å². The van der Waals surface area contributed by atoms with Gasteiger partial charge in [0.05, 0.1) is 38.6 Å². The molecule has 176 valence electrons. The summed E-state index contributed by atoms with van der Waals surface area (Å²) >= 11 is 0. The molecule has 2 rings (SSSR count). The van der Waals surface area contributed by atoms with E-state index in [1.807, 2.05) is 0 Å². The van der Waals surface area contributed by atoms with Crippen molar-refractivity contribution in [2.45, 2.75) is 74.2 Å². The van der Waals surface area contributed by atoms with Gasteiger partial charge in [0.15, 0.2) is 6.29 Å². The summed E-state index contributed by atoms with van der Waals surface area (Å²) in [6, 6.07) is -1.25. The highest BCUT2D eigenvalue weighted by Crippen LogP contribution is 2.34. The normalized spacial score (nSPS) is 44.3. The Morgan fingerprint density at radius 2 is 1.87 bits per heavy atom. The van der Waals surface area contributed by atoms with Crippen LogP contribution >= 0.6 is 0 Å². The van der Waals surface area contributed by atoms with Crippen LogP contribution in [-0.2, 0) is 23.7 Å². The van der Waals surface area contributed by atoms with Crippen molar-refractivity contribution in [2.24, 2.45) is 11.7 Å². The van der Waals surface area contributed by atoms with Crippen molar-refractivity contribution in [3.05, 3.63) is 0 Å². The molecule has 11 atom stereocenters. The Morgan fingerprint density at radius 1 is 1.23 bits per heavy atom. The largest absolute Gasteiger partial charge is 0.465 e. The Labute approximate surface area is 172 Å². The number of nitrogens with two attached hydrogens (primary N) is 1. The third kappa shape index (κ3) is 4.92. The fraction of sp³-hybridized carbons (Fsp3) is 0.941. The Kier molecular flexibility index (Phi) is 8.51. The summed E-state index contributed by atoms with van der Waals surface area (Å²) in [6.45, 7) is 0.0441.